The van der Waals surface area contributed by atoms with Crippen LogP contribution in [0.4, 0.5) is 11.4 Å². The van der Waals surface area contributed by atoms with E-state index in [4.69, 9.17) is 10.6 Å². The predicted molar refractivity (Wildman–Crippen MR) is 72.0 cm³/mol. The molecule has 2 N–H and O–H groups in total. The van der Waals surface area contributed by atoms with Gasteiger partial charge in [-0.3, -0.25) is 4.84 Å². The Hall–Kier alpha value is -2.69. The third kappa shape index (κ3) is 3.38. The Bertz CT molecular complexity index is 609. The normalized spacial score (nSPS) is 10.6. The Morgan fingerprint density at radius 3 is 2.63 bits per heavy atom. The monoisotopic (exact) mass is 255 g/mol. The van der Waals surface area contributed by atoms with Crippen molar-refractivity contribution in [2.45, 2.75) is 6.92 Å². The van der Waals surface area contributed by atoms with Gasteiger partial charge in [-0.25, -0.2) is 4.79 Å². The fourth-order valence-corrected chi connectivity index (χ4v) is 1.46. The molecule has 5 heteroatoms. The smallest absolute Gasteiger partial charge is 0.367 e. The molecular formula is C14H13N3O2. The largest absolute Gasteiger partial charge is 0.399 e. The van der Waals surface area contributed by atoms with Crippen LogP contribution < -0.4 is 5.73 Å². The fraction of sp³-hybridized carbons (Fsp3) is 0.0714. The SMILES string of the molecule is Cc1ccc(N)cc1N=NOC(=O)c1ccccc1. The first-order valence-electron chi connectivity index (χ1n) is 5.70. The summed E-state index contributed by atoms with van der Waals surface area (Å²) in [5, 5.41) is 7.27. The van der Waals surface area contributed by atoms with Crippen molar-refractivity contribution in [1.82, 2.24) is 0 Å². The predicted octanol–water partition coefficient (Wildman–Crippen LogP) is 3.43. The van der Waals surface area contributed by atoms with Gasteiger partial charge in [-0.2, -0.15) is 0 Å². The maximum atomic E-state index is 11.6. The van der Waals surface area contributed by atoms with Crippen LogP contribution in [0.3, 0.4) is 0 Å². The number of carbonyl (C=O) groups is 1. The van der Waals surface area contributed by atoms with Gasteiger partial charge in [0.25, 0.3) is 0 Å². The van der Waals surface area contributed by atoms with Gasteiger partial charge < -0.3 is 5.73 Å². The molecule has 5 nitrogen and oxygen atoms in total. The van der Waals surface area contributed by atoms with Crippen LogP contribution >= 0.6 is 0 Å². The van der Waals surface area contributed by atoms with Crippen LogP contribution in [0.5, 0.6) is 0 Å². The lowest BCUT2D eigenvalue weighted by Crippen LogP contribution is -1.99. The van der Waals surface area contributed by atoms with Crippen molar-refractivity contribution in [3.63, 3.8) is 0 Å². The molecule has 0 aromatic heterocycles. The van der Waals surface area contributed by atoms with Gasteiger partial charge in [-0.1, -0.05) is 24.3 Å². The van der Waals surface area contributed by atoms with Crippen molar-refractivity contribution in [1.29, 1.82) is 0 Å². The number of anilines is 1. The van der Waals surface area contributed by atoms with E-state index in [0.717, 1.165) is 5.56 Å². The quantitative estimate of drug-likeness (QED) is 0.518. The summed E-state index contributed by atoms with van der Waals surface area (Å²) in [4.78, 5) is 16.3. The lowest BCUT2D eigenvalue weighted by Gasteiger charge is -2.00. The molecule has 0 aliphatic carbocycles. The van der Waals surface area contributed by atoms with Gasteiger partial charge in [0.15, 0.2) is 0 Å². The third-order valence-electron chi connectivity index (χ3n) is 2.51. The summed E-state index contributed by atoms with van der Waals surface area (Å²) >= 11 is 0. The molecule has 0 heterocycles. The van der Waals surface area contributed by atoms with Crippen LogP contribution in [-0.2, 0) is 4.84 Å². The van der Waals surface area contributed by atoms with Crippen LogP contribution in [0, 0.1) is 6.92 Å². The van der Waals surface area contributed by atoms with Crippen molar-refractivity contribution in [2.24, 2.45) is 10.4 Å². The maximum Gasteiger partial charge on any atom is 0.367 e. The zero-order valence-corrected chi connectivity index (χ0v) is 10.4. The van der Waals surface area contributed by atoms with Crippen LogP contribution in [0.25, 0.3) is 0 Å². The van der Waals surface area contributed by atoms with E-state index in [2.05, 4.69) is 10.4 Å². The second kappa shape index (κ2) is 5.77. The topological polar surface area (TPSA) is 77.0 Å². The van der Waals surface area contributed by atoms with Crippen molar-refractivity contribution < 1.29 is 9.63 Å². The summed E-state index contributed by atoms with van der Waals surface area (Å²) < 4.78 is 0. The number of hydrogen-bond acceptors (Lipinski definition) is 5. The standard InChI is InChI=1S/C14H13N3O2/c1-10-7-8-12(15)9-13(10)16-17-19-14(18)11-5-3-2-4-6-11/h2-9H,15H2,1H3. The molecule has 96 valence electrons. The van der Waals surface area contributed by atoms with Crippen LogP contribution in [0.2, 0.25) is 0 Å². The minimum absolute atomic E-state index is 0.422. The molecule has 0 aliphatic heterocycles. The molecule has 0 atom stereocenters. The molecule has 0 fully saturated rings. The number of aryl methyl sites for hydroxylation is 1. The maximum absolute atomic E-state index is 11.6. The second-order valence-corrected chi connectivity index (χ2v) is 3.97. The van der Waals surface area contributed by atoms with Gasteiger partial charge in [0.05, 0.1) is 11.3 Å². The summed E-state index contributed by atoms with van der Waals surface area (Å²) in [6, 6.07) is 13.8. The van der Waals surface area contributed by atoms with Gasteiger partial charge in [-0.05, 0) is 36.8 Å². The zero-order chi connectivity index (χ0) is 13.7. The average Bonchev–Trinajstić information content (AvgIpc) is 2.43. The number of rotatable bonds is 3. The number of nitrogens with two attached hydrogens (primary N) is 1. The molecule has 0 saturated heterocycles. The number of benzene rings is 2. The van der Waals surface area contributed by atoms with Crippen molar-refractivity contribution in [2.75, 3.05) is 5.73 Å². The molecule has 0 spiro atoms. The van der Waals surface area contributed by atoms with E-state index >= 15 is 0 Å². The second-order valence-electron chi connectivity index (χ2n) is 3.97. The molecular weight excluding hydrogens is 242 g/mol. The number of carbonyl (C=O) groups excluding carboxylic acids is 1. The van der Waals surface area contributed by atoms with E-state index in [1.165, 1.54) is 0 Å². The Morgan fingerprint density at radius 2 is 1.89 bits per heavy atom. The molecule has 0 amide bonds. The fourth-order valence-electron chi connectivity index (χ4n) is 1.46. The van der Waals surface area contributed by atoms with Crippen molar-refractivity contribution in [3.8, 4) is 0 Å². The Kier molecular flexibility index (Phi) is 3.87. The van der Waals surface area contributed by atoms with Crippen LogP contribution in [-0.4, -0.2) is 5.97 Å². The molecule has 2 aromatic carbocycles. The minimum atomic E-state index is -0.550. The Balaban J connectivity index is 2.04. The highest BCUT2D eigenvalue weighted by molar-refractivity contribution is 5.89. The molecule has 0 aliphatic rings. The zero-order valence-electron chi connectivity index (χ0n) is 10.4. The molecule has 0 bridgehead atoms. The van der Waals surface area contributed by atoms with E-state index in [9.17, 15) is 4.79 Å². The molecule has 19 heavy (non-hydrogen) atoms. The highest BCUT2D eigenvalue weighted by Crippen LogP contribution is 2.21. The van der Waals surface area contributed by atoms with Crippen molar-refractivity contribution in [3.05, 3.63) is 59.7 Å². The van der Waals surface area contributed by atoms with Gasteiger partial charge in [-0.15, -0.1) is 5.11 Å². The first-order chi connectivity index (χ1) is 9.16. The third-order valence-corrected chi connectivity index (χ3v) is 2.51. The van der Waals surface area contributed by atoms with E-state index in [1.807, 2.05) is 19.1 Å². The molecule has 0 saturated carbocycles. The molecule has 0 radical (unpaired) electrons. The van der Waals surface area contributed by atoms with Crippen molar-refractivity contribution >= 4 is 17.3 Å². The highest BCUT2D eigenvalue weighted by Gasteiger charge is 2.05. The highest BCUT2D eigenvalue weighted by atomic mass is 16.7. The Morgan fingerprint density at radius 1 is 1.16 bits per heavy atom. The number of hydrogen-bond donors (Lipinski definition) is 1. The lowest BCUT2D eigenvalue weighted by molar-refractivity contribution is 0.0483. The lowest BCUT2D eigenvalue weighted by atomic mass is 10.2. The van der Waals surface area contributed by atoms with Gasteiger partial charge in [0.1, 0.15) is 0 Å². The average molecular weight is 255 g/mol. The minimum Gasteiger partial charge on any atom is -0.399 e. The summed E-state index contributed by atoms with van der Waals surface area (Å²) in [5.74, 6) is -0.550. The summed E-state index contributed by atoms with van der Waals surface area (Å²) in [6.45, 7) is 1.87. The van der Waals surface area contributed by atoms with E-state index < -0.39 is 5.97 Å². The summed E-state index contributed by atoms with van der Waals surface area (Å²) in [7, 11) is 0. The number of nitrogen functional groups attached to an aromatic ring is 1. The van der Waals surface area contributed by atoms with Gasteiger partial charge in [0.2, 0.25) is 0 Å². The van der Waals surface area contributed by atoms with Gasteiger partial charge in [0, 0.05) is 11.0 Å². The number of nitrogens with zero attached hydrogens (tertiary/aromatic N) is 2. The molecule has 2 aromatic rings. The summed E-state index contributed by atoms with van der Waals surface area (Å²) in [6.07, 6.45) is 0. The van der Waals surface area contributed by atoms with E-state index in [-0.39, 0.29) is 0 Å². The van der Waals surface area contributed by atoms with E-state index in [1.54, 1.807) is 36.4 Å². The molecule has 0 unspecified atom stereocenters. The summed E-state index contributed by atoms with van der Waals surface area (Å²) in [5.41, 5.74) is 8.11. The first kappa shape index (κ1) is 12.8. The first-order valence-corrected chi connectivity index (χ1v) is 5.70. The van der Waals surface area contributed by atoms with Gasteiger partial charge >= 0.3 is 5.97 Å². The van der Waals surface area contributed by atoms with Crippen LogP contribution in [0.1, 0.15) is 15.9 Å². The molecule has 2 rings (SSSR count). The Labute approximate surface area is 110 Å². The van der Waals surface area contributed by atoms with E-state index in [0.29, 0.717) is 16.9 Å². The van der Waals surface area contributed by atoms with Crippen LogP contribution in [0.15, 0.2) is 58.9 Å².